The van der Waals surface area contributed by atoms with Crippen molar-refractivity contribution in [3.8, 4) is 45.0 Å². The van der Waals surface area contributed by atoms with Crippen LogP contribution in [-0.4, -0.2) is 39.9 Å². The van der Waals surface area contributed by atoms with Crippen LogP contribution in [0.3, 0.4) is 0 Å². The third kappa shape index (κ3) is 6.43. The quantitative estimate of drug-likeness (QED) is 0.161. The Bertz CT molecular complexity index is 2490. The standard InChI is InChI=1S/C48H42N8/c1-5-29-17-21-49-41(25-29)45-33-9-11-35(53-33)46(42-26-30(6-2)18-22-50-42)37-13-15-39(55-37)48(44-28-32(8-4)20-24-52-44)40-16-14-38(56-40)47(36-12-10-34(45)54-36)43-27-31(7-3)19-23-51-43/h9-28,53,56H,5-8H2,1-4H3. The molecule has 0 spiro atoms. The van der Waals surface area contributed by atoms with Crippen LogP contribution in [0.2, 0.25) is 0 Å². The molecule has 0 amide bonds. The Morgan fingerprint density at radius 1 is 0.357 bits per heavy atom. The van der Waals surface area contributed by atoms with E-state index >= 15 is 0 Å². The molecule has 0 aromatic carbocycles. The topological polar surface area (TPSA) is 109 Å². The molecule has 8 nitrogen and oxygen atoms in total. The molecule has 2 N–H and O–H groups in total. The number of fused-ring (bicyclic) bond motifs is 8. The fourth-order valence-electron chi connectivity index (χ4n) is 7.61. The van der Waals surface area contributed by atoms with Crippen molar-refractivity contribution >= 4 is 46.4 Å². The van der Waals surface area contributed by atoms with E-state index in [9.17, 15) is 0 Å². The minimum absolute atomic E-state index is 0.811. The maximum Gasteiger partial charge on any atom is 0.0753 e. The summed E-state index contributed by atoms with van der Waals surface area (Å²) >= 11 is 0. The second kappa shape index (κ2) is 14.8. The van der Waals surface area contributed by atoms with Gasteiger partial charge in [-0.25, -0.2) is 9.97 Å². The van der Waals surface area contributed by atoms with Crippen molar-refractivity contribution < 1.29 is 0 Å². The molecule has 2 aliphatic heterocycles. The van der Waals surface area contributed by atoms with Gasteiger partial charge in [-0.05, 0) is 145 Å². The zero-order valence-corrected chi connectivity index (χ0v) is 32.1. The molecule has 2 aliphatic rings. The maximum atomic E-state index is 5.40. The first-order chi connectivity index (χ1) is 27.5. The number of hydrogen-bond donors (Lipinski definition) is 2. The van der Waals surface area contributed by atoms with E-state index in [-0.39, 0.29) is 0 Å². The van der Waals surface area contributed by atoms with Crippen molar-refractivity contribution in [1.29, 1.82) is 0 Å². The molecule has 0 radical (unpaired) electrons. The molecule has 9 rings (SSSR count). The zero-order chi connectivity index (χ0) is 38.2. The van der Waals surface area contributed by atoms with Crippen molar-refractivity contribution in [3.05, 3.63) is 143 Å². The van der Waals surface area contributed by atoms with Gasteiger partial charge in [0.15, 0.2) is 0 Å². The average molecular weight is 731 g/mol. The fraction of sp³-hybridized carbons (Fsp3) is 0.167. The lowest BCUT2D eigenvalue weighted by molar-refractivity contribution is 1.12. The smallest absolute Gasteiger partial charge is 0.0753 e. The van der Waals surface area contributed by atoms with Gasteiger partial charge in [0.2, 0.25) is 0 Å². The number of hydrogen-bond acceptors (Lipinski definition) is 6. The molecule has 0 saturated carbocycles. The molecule has 274 valence electrons. The van der Waals surface area contributed by atoms with Crippen LogP contribution in [0.1, 0.15) is 72.7 Å². The van der Waals surface area contributed by atoms with E-state index in [0.29, 0.717) is 0 Å². The molecule has 0 saturated heterocycles. The van der Waals surface area contributed by atoms with Gasteiger partial charge in [-0.15, -0.1) is 0 Å². The van der Waals surface area contributed by atoms with Gasteiger partial charge in [-0.3, -0.25) is 19.9 Å². The molecule has 0 aliphatic carbocycles. The first kappa shape index (κ1) is 34.9. The molecule has 0 fully saturated rings. The van der Waals surface area contributed by atoms with Crippen LogP contribution in [0.4, 0.5) is 0 Å². The minimum atomic E-state index is 0.811. The van der Waals surface area contributed by atoms with E-state index < -0.39 is 0 Å². The summed E-state index contributed by atoms with van der Waals surface area (Å²) in [5.41, 5.74) is 18.7. The van der Waals surface area contributed by atoms with Gasteiger partial charge in [0.1, 0.15) is 0 Å². The average Bonchev–Trinajstić information content (AvgIpc) is 4.09. The Labute approximate surface area is 326 Å². The first-order valence-electron chi connectivity index (χ1n) is 19.5. The second-order valence-corrected chi connectivity index (χ2v) is 14.1. The van der Waals surface area contributed by atoms with Gasteiger partial charge in [-0.1, -0.05) is 27.7 Å². The summed E-state index contributed by atoms with van der Waals surface area (Å²) < 4.78 is 0. The van der Waals surface area contributed by atoms with E-state index in [1.54, 1.807) is 0 Å². The fourth-order valence-corrected chi connectivity index (χ4v) is 7.61. The minimum Gasteiger partial charge on any atom is -0.354 e. The van der Waals surface area contributed by atoms with Crippen molar-refractivity contribution in [2.45, 2.75) is 53.4 Å². The van der Waals surface area contributed by atoms with Gasteiger partial charge in [0, 0.05) is 47.0 Å². The Kier molecular flexibility index (Phi) is 9.23. The van der Waals surface area contributed by atoms with Crippen LogP contribution in [0.15, 0.2) is 97.6 Å². The lowest BCUT2D eigenvalue weighted by Gasteiger charge is -2.08. The highest BCUT2D eigenvalue weighted by atomic mass is 14.8. The van der Waals surface area contributed by atoms with E-state index in [1.807, 2.05) is 24.8 Å². The number of pyridine rings is 4. The number of nitrogens with one attached hydrogen (secondary N) is 2. The molecule has 0 unspecified atom stereocenters. The number of aromatic nitrogens is 8. The third-order valence-corrected chi connectivity index (χ3v) is 10.7. The van der Waals surface area contributed by atoms with Crippen molar-refractivity contribution in [2.24, 2.45) is 0 Å². The lowest BCUT2D eigenvalue weighted by atomic mass is 10.1. The molecule has 0 atom stereocenters. The maximum absolute atomic E-state index is 5.40. The van der Waals surface area contributed by atoms with E-state index in [0.717, 1.165) is 116 Å². The van der Waals surface area contributed by atoms with Crippen molar-refractivity contribution in [2.75, 3.05) is 0 Å². The highest BCUT2D eigenvalue weighted by Gasteiger charge is 2.21. The van der Waals surface area contributed by atoms with Crippen LogP contribution in [0.5, 0.6) is 0 Å². The molecule has 7 aromatic heterocycles. The summed E-state index contributed by atoms with van der Waals surface area (Å²) in [6.07, 6.45) is 19.5. The molecule has 56 heavy (non-hydrogen) atoms. The monoisotopic (exact) mass is 730 g/mol. The number of rotatable bonds is 8. The molecule has 7 aromatic rings. The number of aryl methyl sites for hydroxylation is 4. The Morgan fingerprint density at radius 2 is 0.607 bits per heavy atom. The van der Waals surface area contributed by atoms with Crippen LogP contribution < -0.4 is 0 Å². The normalized spacial score (nSPS) is 12.1. The predicted octanol–water partition coefficient (Wildman–Crippen LogP) is 11.2. The van der Waals surface area contributed by atoms with Gasteiger partial charge in [0.05, 0.1) is 67.6 Å². The van der Waals surface area contributed by atoms with Gasteiger partial charge in [-0.2, -0.15) is 0 Å². The highest BCUT2D eigenvalue weighted by Crippen LogP contribution is 2.37. The van der Waals surface area contributed by atoms with Gasteiger partial charge >= 0.3 is 0 Å². The number of aromatic amines is 2. The van der Waals surface area contributed by atoms with Crippen LogP contribution >= 0.6 is 0 Å². The SMILES string of the molecule is CCc1ccnc(-c2c3nc(c(-c4cc(CC)ccn4)c4ccc([nH]4)c(-c4cc(CC)ccn4)c4nc(c(-c5cc(CC)ccn5)c5ccc2[nH]5)C=C4)C=C3)c1. The predicted molar refractivity (Wildman–Crippen MR) is 229 cm³/mol. The third-order valence-electron chi connectivity index (χ3n) is 10.7. The van der Waals surface area contributed by atoms with Gasteiger partial charge in [0.25, 0.3) is 0 Å². The summed E-state index contributed by atoms with van der Waals surface area (Å²) in [6, 6.07) is 25.4. The Hall–Kier alpha value is -6.80. The van der Waals surface area contributed by atoms with Crippen LogP contribution in [-0.2, 0) is 25.7 Å². The van der Waals surface area contributed by atoms with E-state index in [1.165, 1.54) is 22.3 Å². The summed E-state index contributed by atoms with van der Waals surface area (Å²) in [7, 11) is 0. The Balaban J connectivity index is 1.47. The molecular formula is C48H42N8. The second-order valence-electron chi connectivity index (χ2n) is 14.1. The highest BCUT2D eigenvalue weighted by molar-refractivity contribution is 5.98. The van der Waals surface area contributed by atoms with Crippen LogP contribution in [0, 0.1) is 0 Å². The summed E-state index contributed by atoms with van der Waals surface area (Å²) in [5, 5.41) is 0. The van der Waals surface area contributed by atoms with Gasteiger partial charge < -0.3 is 9.97 Å². The Morgan fingerprint density at radius 3 is 0.839 bits per heavy atom. The van der Waals surface area contributed by atoms with Crippen LogP contribution in [0.25, 0.3) is 91.4 Å². The molecule has 9 heterocycles. The van der Waals surface area contributed by atoms with E-state index in [2.05, 4.69) is 135 Å². The molecule has 8 bridgehead atoms. The summed E-state index contributed by atoms with van der Waals surface area (Å²) in [4.78, 5) is 38.1. The van der Waals surface area contributed by atoms with E-state index in [4.69, 9.17) is 29.9 Å². The summed E-state index contributed by atoms with van der Waals surface area (Å²) in [5.74, 6) is 0. The first-order valence-corrected chi connectivity index (χ1v) is 19.5. The largest absolute Gasteiger partial charge is 0.354 e. The molecular weight excluding hydrogens is 689 g/mol. The lowest BCUT2D eigenvalue weighted by Crippen LogP contribution is -1.94. The van der Waals surface area contributed by atoms with Crippen molar-refractivity contribution in [1.82, 2.24) is 39.9 Å². The molecule has 8 heteroatoms. The summed E-state index contributed by atoms with van der Waals surface area (Å²) in [6.45, 7) is 8.65. The zero-order valence-electron chi connectivity index (χ0n) is 32.1. The van der Waals surface area contributed by atoms with Crippen molar-refractivity contribution in [3.63, 3.8) is 0 Å². The number of nitrogens with zero attached hydrogens (tertiary/aromatic N) is 6. The number of H-pyrrole nitrogens is 2.